The molecule has 0 aromatic carbocycles. The van der Waals surface area contributed by atoms with Crippen molar-refractivity contribution in [3.05, 3.63) is 35.4 Å². The van der Waals surface area contributed by atoms with Crippen molar-refractivity contribution in [1.29, 1.82) is 0 Å². The van der Waals surface area contributed by atoms with E-state index in [9.17, 15) is 0 Å². The molecule has 152 valence electrons. The maximum Gasteiger partial charge on any atom is 0.165 e. The highest BCUT2D eigenvalue weighted by Crippen LogP contribution is 2.51. The monoisotopic (exact) mass is 419 g/mol. The maximum atomic E-state index is 5.09. The zero-order valence-electron chi connectivity index (χ0n) is 16.8. The van der Waals surface area contributed by atoms with Crippen LogP contribution >= 0.6 is 11.3 Å². The van der Waals surface area contributed by atoms with Crippen LogP contribution in [0.3, 0.4) is 0 Å². The maximum absolute atomic E-state index is 5.09. The van der Waals surface area contributed by atoms with Gasteiger partial charge in [-0.3, -0.25) is 9.67 Å². The summed E-state index contributed by atoms with van der Waals surface area (Å²) in [5.41, 5.74) is 5.11. The van der Waals surface area contributed by atoms with Gasteiger partial charge in [-0.05, 0) is 25.7 Å². The first kappa shape index (κ1) is 17.7. The predicted octanol–water partition coefficient (Wildman–Crippen LogP) is 3.57. The average Bonchev–Trinajstić information content (AvgIpc) is 3.57. The fourth-order valence-corrected chi connectivity index (χ4v) is 5.59. The lowest BCUT2D eigenvalue weighted by Gasteiger charge is -2.44. The summed E-state index contributed by atoms with van der Waals surface area (Å²) >= 11 is 1.55. The zero-order valence-corrected chi connectivity index (χ0v) is 17.6. The summed E-state index contributed by atoms with van der Waals surface area (Å²) in [4.78, 5) is 16.7. The molecule has 2 aliphatic rings. The number of aromatic amines is 1. The van der Waals surface area contributed by atoms with E-state index in [-0.39, 0.29) is 5.54 Å². The highest BCUT2D eigenvalue weighted by Gasteiger charge is 2.53. The van der Waals surface area contributed by atoms with Gasteiger partial charge in [-0.25, -0.2) is 15.0 Å². The molecule has 6 heterocycles. The van der Waals surface area contributed by atoms with Crippen molar-refractivity contribution in [1.82, 2.24) is 39.9 Å². The topological polar surface area (TPSA) is 101 Å². The summed E-state index contributed by atoms with van der Waals surface area (Å²) < 4.78 is 2.06. The fraction of sp³-hybridized carbons (Fsp3) is 0.400. The molecule has 1 saturated heterocycles. The Labute approximate surface area is 177 Å². The molecule has 0 spiro atoms. The summed E-state index contributed by atoms with van der Waals surface area (Å²) in [6.45, 7) is 4.47. The Balaban J connectivity index is 1.56. The van der Waals surface area contributed by atoms with Gasteiger partial charge in [0, 0.05) is 11.4 Å². The predicted molar refractivity (Wildman–Crippen MR) is 113 cm³/mol. The van der Waals surface area contributed by atoms with E-state index >= 15 is 0 Å². The van der Waals surface area contributed by atoms with Gasteiger partial charge in [-0.2, -0.15) is 5.10 Å². The van der Waals surface area contributed by atoms with Gasteiger partial charge in [0.1, 0.15) is 17.6 Å². The van der Waals surface area contributed by atoms with Crippen molar-refractivity contribution in [3.63, 3.8) is 0 Å². The van der Waals surface area contributed by atoms with Gasteiger partial charge in [0.05, 0.1) is 34.9 Å². The normalized spacial score (nSPS) is 22.1. The molecule has 6 rings (SSSR count). The first-order valence-electron chi connectivity index (χ1n) is 10.3. The number of fused-ring (bicyclic) bond motifs is 6. The molecule has 2 unspecified atom stereocenters. The smallest absolute Gasteiger partial charge is 0.165 e. The molecule has 2 atom stereocenters. The van der Waals surface area contributed by atoms with Crippen molar-refractivity contribution in [3.8, 4) is 28.5 Å². The van der Waals surface area contributed by atoms with Crippen LogP contribution in [0.2, 0.25) is 0 Å². The van der Waals surface area contributed by atoms with Crippen molar-refractivity contribution in [2.24, 2.45) is 0 Å². The van der Waals surface area contributed by atoms with Crippen LogP contribution in [-0.2, 0) is 5.54 Å². The minimum absolute atomic E-state index is 0.177. The third-order valence-electron chi connectivity index (χ3n) is 6.54. The highest BCUT2D eigenvalue weighted by atomic mass is 32.1. The minimum atomic E-state index is -0.177. The number of anilines is 1. The third kappa shape index (κ3) is 2.22. The lowest BCUT2D eigenvalue weighted by Crippen LogP contribution is -2.50. The first-order chi connectivity index (χ1) is 14.8. The first-order valence-corrected chi connectivity index (χ1v) is 11.2. The molecule has 4 aromatic rings. The van der Waals surface area contributed by atoms with Gasteiger partial charge in [0.15, 0.2) is 17.5 Å². The van der Waals surface area contributed by atoms with Gasteiger partial charge in [-0.15, -0.1) is 21.5 Å². The minimum Gasteiger partial charge on any atom is -0.339 e. The number of hydrogen-bond donors (Lipinski definition) is 1. The Hall–Kier alpha value is -3.14. The van der Waals surface area contributed by atoms with E-state index in [1.807, 2.05) is 17.1 Å². The van der Waals surface area contributed by atoms with Gasteiger partial charge in [-0.1, -0.05) is 13.8 Å². The second-order valence-corrected chi connectivity index (χ2v) is 8.53. The molecular formula is C20H21N9S. The number of nitrogens with zero attached hydrogens (tertiary/aromatic N) is 8. The van der Waals surface area contributed by atoms with E-state index in [4.69, 9.17) is 9.97 Å². The van der Waals surface area contributed by atoms with Crippen molar-refractivity contribution in [2.75, 3.05) is 4.90 Å². The van der Waals surface area contributed by atoms with Crippen LogP contribution < -0.4 is 4.90 Å². The summed E-state index contributed by atoms with van der Waals surface area (Å²) in [6.07, 6.45) is 9.62. The molecule has 1 N–H and O–H groups in total. The van der Waals surface area contributed by atoms with E-state index in [0.717, 1.165) is 60.0 Å². The summed E-state index contributed by atoms with van der Waals surface area (Å²) in [7, 11) is 0. The number of hydrogen-bond acceptors (Lipinski definition) is 8. The van der Waals surface area contributed by atoms with Crippen LogP contribution in [0.25, 0.3) is 28.5 Å². The molecule has 0 aliphatic carbocycles. The van der Waals surface area contributed by atoms with Crippen LogP contribution in [0, 0.1) is 0 Å². The number of thiazole rings is 1. The van der Waals surface area contributed by atoms with E-state index in [1.54, 1.807) is 23.9 Å². The Morgan fingerprint density at radius 2 is 2.20 bits per heavy atom. The number of nitrogens with one attached hydrogen (secondary N) is 1. The van der Waals surface area contributed by atoms with Gasteiger partial charge >= 0.3 is 0 Å². The molecule has 9 nitrogen and oxygen atoms in total. The van der Waals surface area contributed by atoms with Crippen molar-refractivity contribution >= 4 is 17.2 Å². The summed E-state index contributed by atoms with van der Waals surface area (Å²) in [6, 6.07) is 0.416. The van der Waals surface area contributed by atoms with Gasteiger partial charge in [0.2, 0.25) is 0 Å². The van der Waals surface area contributed by atoms with E-state index in [0.29, 0.717) is 11.9 Å². The molecule has 0 saturated carbocycles. The number of aromatic nitrogens is 8. The molecule has 1 fully saturated rings. The highest BCUT2D eigenvalue weighted by molar-refractivity contribution is 7.07. The van der Waals surface area contributed by atoms with Crippen LogP contribution in [0.5, 0.6) is 0 Å². The van der Waals surface area contributed by atoms with E-state index < -0.39 is 0 Å². The van der Waals surface area contributed by atoms with Crippen molar-refractivity contribution < 1.29 is 0 Å². The lowest BCUT2D eigenvalue weighted by atomic mass is 9.90. The average molecular weight is 420 g/mol. The Morgan fingerprint density at radius 3 is 3.00 bits per heavy atom. The summed E-state index contributed by atoms with van der Waals surface area (Å²) in [5.74, 6) is 2.59. The van der Waals surface area contributed by atoms with Crippen LogP contribution in [-0.4, -0.2) is 46.0 Å². The number of H-pyrrole nitrogens is 1. The van der Waals surface area contributed by atoms with Gasteiger partial charge < -0.3 is 4.90 Å². The van der Waals surface area contributed by atoms with Crippen LogP contribution in [0.4, 0.5) is 5.82 Å². The molecule has 30 heavy (non-hydrogen) atoms. The molecule has 4 aromatic heterocycles. The lowest BCUT2D eigenvalue weighted by molar-refractivity contribution is 0.371. The molecular weight excluding hydrogens is 398 g/mol. The second kappa shape index (κ2) is 6.43. The molecule has 0 amide bonds. The van der Waals surface area contributed by atoms with E-state index in [1.165, 1.54) is 0 Å². The van der Waals surface area contributed by atoms with E-state index in [2.05, 4.69) is 48.7 Å². The van der Waals surface area contributed by atoms with Gasteiger partial charge in [0.25, 0.3) is 0 Å². The number of rotatable bonds is 4. The largest absolute Gasteiger partial charge is 0.339 e. The molecule has 0 radical (unpaired) electrons. The van der Waals surface area contributed by atoms with Crippen LogP contribution in [0.15, 0.2) is 29.6 Å². The second-order valence-electron chi connectivity index (χ2n) is 7.82. The third-order valence-corrected chi connectivity index (χ3v) is 7.13. The Kier molecular flexibility index (Phi) is 3.79. The standard InChI is InChI=1S/C20H21N9S/c1-3-12-5-6-20(4-2)19-27-24-10-28(19)15-8-21-17(25-18(15)29(12)20)13-7-23-26-16(13)14-9-30-11-22-14/h7-12H,3-6H2,1-2H3,(H,23,26). The molecule has 0 bridgehead atoms. The fourth-order valence-electron chi connectivity index (χ4n) is 5.05. The SMILES string of the molecule is CCC1CCC2(CC)c3nncn3-c3cnc(-c4cn[nH]c4-c4cscn4)nc3N12. The Morgan fingerprint density at radius 1 is 1.27 bits per heavy atom. The van der Waals surface area contributed by atoms with Crippen molar-refractivity contribution in [2.45, 2.75) is 51.1 Å². The molecule has 10 heteroatoms. The zero-order chi connectivity index (χ0) is 20.3. The summed E-state index contributed by atoms with van der Waals surface area (Å²) in [5, 5.41) is 18.1. The Bertz CT molecular complexity index is 1210. The van der Waals surface area contributed by atoms with Crippen LogP contribution in [0.1, 0.15) is 45.4 Å². The quantitative estimate of drug-likeness (QED) is 0.539. The molecule has 2 aliphatic heterocycles.